The number of hydrogen-bond donors (Lipinski definition) is 0. The van der Waals surface area contributed by atoms with Crippen molar-refractivity contribution in [3.8, 4) is 0 Å². The van der Waals surface area contributed by atoms with Crippen LogP contribution in [-0.2, 0) is 4.79 Å². The third kappa shape index (κ3) is 3.48. The molecular weight excluding hydrogens is 360 g/mol. The van der Waals surface area contributed by atoms with Gasteiger partial charge in [0.2, 0.25) is 0 Å². The molecule has 0 atom stereocenters. The lowest BCUT2D eigenvalue weighted by Gasteiger charge is -2.14. The van der Waals surface area contributed by atoms with Crippen LogP contribution in [0.15, 0.2) is 53.4 Å². The average molecular weight is 375 g/mol. The molecule has 1 saturated heterocycles. The lowest BCUT2D eigenvalue weighted by Crippen LogP contribution is -2.27. The molecule has 3 nitrogen and oxygen atoms in total. The molecule has 0 bridgehead atoms. The second kappa shape index (κ2) is 6.97. The molecule has 0 saturated carbocycles. The van der Waals surface area contributed by atoms with Crippen molar-refractivity contribution in [2.75, 3.05) is 23.9 Å². The molecule has 0 aromatic heterocycles. The number of benzene rings is 2. The Labute approximate surface area is 155 Å². The first-order chi connectivity index (χ1) is 11.5. The van der Waals surface area contributed by atoms with Gasteiger partial charge in [0, 0.05) is 24.8 Å². The molecule has 1 amide bonds. The Hall–Kier alpha value is -1.82. The van der Waals surface area contributed by atoms with Gasteiger partial charge in [0.25, 0.3) is 5.91 Å². The SMILES string of the molecule is CN(C)c1ccc(C=C2SC(=S)N(c3ccc(Cl)cc3)C2=O)cc1. The van der Waals surface area contributed by atoms with Crippen LogP contribution in [-0.4, -0.2) is 24.3 Å². The maximum absolute atomic E-state index is 12.7. The standard InChI is InChI=1S/C18H15ClN2OS2/c1-20(2)14-7-3-12(4-8-14)11-16-17(22)21(18(23)24-16)15-9-5-13(19)6-10-15/h3-11H,1-2H3. The van der Waals surface area contributed by atoms with E-state index in [0.717, 1.165) is 16.9 Å². The summed E-state index contributed by atoms with van der Waals surface area (Å²) in [6, 6.07) is 15.1. The molecule has 0 N–H and O–H groups in total. The summed E-state index contributed by atoms with van der Waals surface area (Å²) in [6.07, 6.45) is 1.87. The molecule has 1 aliphatic rings. The summed E-state index contributed by atoms with van der Waals surface area (Å²) in [7, 11) is 3.98. The maximum atomic E-state index is 12.7. The van der Waals surface area contributed by atoms with Crippen LogP contribution in [0.3, 0.4) is 0 Å². The molecule has 0 unspecified atom stereocenters. The molecule has 0 radical (unpaired) electrons. The highest BCUT2D eigenvalue weighted by Gasteiger charge is 2.33. The van der Waals surface area contributed by atoms with Gasteiger partial charge in [0.05, 0.1) is 10.6 Å². The van der Waals surface area contributed by atoms with Crippen molar-refractivity contribution in [2.45, 2.75) is 0 Å². The van der Waals surface area contributed by atoms with Crippen LogP contribution in [0.5, 0.6) is 0 Å². The molecule has 6 heteroatoms. The first kappa shape index (κ1) is 17.0. The van der Waals surface area contributed by atoms with Crippen molar-refractivity contribution in [1.82, 2.24) is 0 Å². The first-order valence-electron chi connectivity index (χ1n) is 7.26. The van der Waals surface area contributed by atoms with Gasteiger partial charge in [-0.15, -0.1) is 0 Å². The zero-order valence-corrected chi connectivity index (χ0v) is 15.6. The van der Waals surface area contributed by atoms with Gasteiger partial charge in [0.1, 0.15) is 0 Å². The number of nitrogens with zero attached hydrogens (tertiary/aromatic N) is 2. The number of carbonyl (C=O) groups is 1. The highest BCUT2D eigenvalue weighted by molar-refractivity contribution is 8.27. The molecule has 2 aromatic rings. The monoisotopic (exact) mass is 374 g/mol. The van der Waals surface area contributed by atoms with E-state index in [-0.39, 0.29) is 5.91 Å². The van der Waals surface area contributed by atoms with E-state index < -0.39 is 0 Å². The lowest BCUT2D eigenvalue weighted by molar-refractivity contribution is -0.113. The highest BCUT2D eigenvalue weighted by atomic mass is 35.5. The van der Waals surface area contributed by atoms with Crippen molar-refractivity contribution >= 4 is 63.3 Å². The predicted octanol–water partition coefficient (Wildman–Crippen LogP) is 4.81. The summed E-state index contributed by atoms with van der Waals surface area (Å²) < 4.78 is 0.526. The largest absolute Gasteiger partial charge is 0.378 e. The fourth-order valence-electron chi connectivity index (χ4n) is 2.30. The first-order valence-corrected chi connectivity index (χ1v) is 8.87. The number of halogens is 1. The Bertz CT molecular complexity index is 814. The van der Waals surface area contributed by atoms with Crippen molar-refractivity contribution in [3.05, 3.63) is 64.0 Å². The van der Waals surface area contributed by atoms with Crippen LogP contribution in [0.2, 0.25) is 5.02 Å². The lowest BCUT2D eigenvalue weighted by atomic mass is 10.2. The molecule has 24 heavy (non-hydrogen) atoms. The topological polar surface area (TPSA) is 23.6 Å². The van der Waals surface area contributed by atoms with Gasteiger partial charge >= 0.3 is 0 Å². The van der Waals surface area contributed by atoms with E-state index in [1.54, 1.807) is 24.3 Å². The number of carbonyl (C=O) groups excluding carboxylic acids is 1. The van der Waals surface area contributed by atoms with Crippen molar-refractivity contribution in [2.24, 2.45) is 0 Å². The Morgan fingerprint density at radius 3 is 2.29 bits per heavy atom. The van der Waals surface area contributed by atoms with Gasteiger partial charge in [0.15, 0.2) is 4.32 Å². The minimum Gasteiger partial charge on any atom is -0.378 e. The number of hydrogen-bond acceptors (Lipinski definition) is 4. The van der Waals surface area contributed by atoms with Crippen molar-refractivity contribution in [3.63, 3.8) is 0 Å². The summed E-state index contributed by atoms with van der Waals surface area (Å²) >= 11 is 12.6. The van der Waals surface area contributed by atoms with Crippen LogP contribution in [0.4, 0.5) is 11.4 Å². The van der Waals surface area contributed by atoms with E-state index >= 15 is 0 Å². The number of thioether (sulfide) groups is 1. The number of anilines is 2. The Kier molecular flexibility index (Phi) is 4.94. The van der Waals surface area contributed by atoms with E-state index in [0.29, 0.717) is 14.2 Å². The Balaban J connectivity index is 1.86. The predicted molar refractivity (Wildman–Crippen MR) is 108 cm³/mol. The normalized spacial score (nSPS) is 16.1. The summed E-state index contributed by atoms with van der Waals surface area (Å²) in [5, 5.41) is 0.626. The smallest absolute Gasteiger partial charge is 0.270 e. The Morgan fingerprint density at radius 2 is 1.71 bits per heavy atom. The van der Waals surface area contributed by atoms with Crippen LogP contribution < -0.4 is 9.80 Å². The molecule has 122 valence electrons. The molecular formula is C18H15ClN2OS2. The quantitative estimate of drug-likeness (QED) is 0.568. The van der Waals surface area contributed by atoms with Gasteiger partial charge in [-0.1, -0.05) is 47.7 Å². The van der Waals surface area contributed by atoms with Gasteiger partial charge in [-0.05, 0) is 48.0 Å². The fraction of sp³-hybridized carbons (Fsp3) is 0.111. The second-order valence-electron chi connectivity index (χ2n) is 5.48. The summed E-state index contributed by atoms with van der Waals surface area (Å²) in [5.74, 6) is -0.107. The maximum Gasteiger partial charge on any atom is 0.270 e. The van der Waals surface area contributed by atoms with Gasteiger partial charge in [-0.25, -0.2) is 0 Å². The van der Waals surface area contributed by atoms with Crippen LogP contribution >= 0.6 is 35.6 Å². The highest BCUT2D eigenvalue weighted by Crippen LogP contribution is 2.36. The molecule has 1 heterocycles. The van der Waals surface area contributed by atoms with E-state index in [1.165, 1.54) is 16.7 Å². The van der Waals surface area contributed by atoms with E-state index in [9.17, 15) is 4.79 Å². The third-order valence-electron chi connectivity index (χ3n) is 3.59. The zero-order valence-electron chi connectivity index (χ0n) is 13.2. The van der Waals surface area contributed by atoms with Gasteiger partial charge in [-0.3, -0.25) is 9.69 Å². The minimum absolute atomic E-state index is 0.107. The van der Waals surface area contributed by atoms with Gasteiger partial charge in [-0.2, -0.15) is 0 Å². The zero-order chi connectivity index (χ0) is 17.3. The Morgan fingerprint density at radius 1 is 1.08 bits per heavy atom. The number of thiocarbonyl (C=S) groups is 1. The molecule has 1 fully saturated rings. The summed E-state index contributed by atoms with van der Waals surface area (Å²) in [5.41, 5.74) is 2.81. The van der Waals surface area contributed by atoms with Crippen LogP contribution in [0, 0.1) is 0 Å². The molecule has 1 aliphatic heterocycles. The second-order valence-corrected chi connectivity index (χ2v) is 7.59. The molecule has 0 spiro atoms. The van der Waals surface area contributed by atoms with Gasteiger partial charge < -0.3 is 4.90 Å². The molecule has 0 aliphatic carbocycles. The van der Waals surface area contributed by atoms with E-state index in [1.807, 2.05) is 49.3 Å². The number of rotatable bonds is 3. The fourth-order valence-corrected chi connectivity index (χ4v) is 3.73. The van der Waals surface area contributed by atoms with E-state index in [4.69, 9.17) is 23.8 Å². The van der Waals surface area contributed by atoms with Crippen LogP contribution in [0.1, 0.15) is 5.56 Å². The summed E-state index contributed by atoms with van der Waals surface area (Å²) in [6.45, 7) is 0. The third-order valence-corrected chi connectivity index (χ3v) is 5.14. The van der Waals surface area contributed by atoms with Crippen molar-refractivity contribution < 1.29 is 4.79 Å². The number of amides is 1. The average Bonchev–Trinajstić information content (AvgIpc) is 2.83. The molecule has 2 aromatic carbocycles. The van der Waals surface area contributed by atoms with E-state index in [2.05, 4.69) is 0 Å². The molecule has 3 rings (SSSR count). The van der Waals surface area contributed by atoms with Crippen LogP contribution in [0.25, 0.3) is 6.08 Å². The minimum atomic E-state index is -0.107. The summed E-state index contributed by atoms with van der Waals surface area (Å²) in [4.78, 5) is 16.9. The van der Waals surface area contributed by atoms with Crippen molar-refractivity contribution in [1.29, 1.82) is 0 Å².